The van der Waals surface area contributed by atoms with Crippen molar-refractivity contribution in [3.8, 4) is 5.75 Å². The van der Waals surface area contributed by atoms with Gasteiger partial charge < -0.3 is 9.84 Å². The molecule has 0 aliphatic heterocycles. The average molecular weight is 359 g/mol. The molecule has 0 aromatic heterocycles. The number of benzene rings is 2. The maximum Gasteiger partial charge on any atom is 0.127 e. The average Bonchev–Trinajstić information content (AvgIpc) is 2.61. The van der Waals surface area contributed by atoms with Gasteiger partial charge in [0.2, 0.25) is 0 Å². The zero-order chi connectivity index (χ0) is 18.9. The summed E-state index contributed by atoms with van der Waals surface area (Å²) in [4.78, 5) is 2.10. The Hall–Kier alpha value is -1.91. The Morgan fingerprint density at radius 1 is 1.08 bits per heavy atom. The van der Waals surface area contributed by atoms with Gasteiger partial charge in [0, 0.05) is 18.7 Å². The van der Waals surface area contributed by atoms with Crippen molar-refractivity contribution in [2.45, 2.75) is 39.8 Å². The van der Waals surface area contributed by atoms with Gasteiger partial charge in [-0.1, -0.05) is 50.2 Å². The number of aliphatic hydroxyl groups is 1. The van der Waals surface area contributed by atoms with Crippen LogP contribution in [-0.4, -0.2) is 35.8 Å². The summed E-state index contributed by atoms with van der Waals surface area (Å²) in [6, 6.07) is 14.6. The molecule has 0 heterocycles. The summed E-state index contributed by atoms with van der Waals surface area (Å²) in [7, 11) is 0. The molecule has 0 amide bonds. The fourth-order valence-electron chi connectivity index (χ4n) is 2.80. The first-order valence-electron chi connectivity index (χ1n) is 9.28. The lowest BCUT2D eigenvalue weighted by Gasteiger charge is -2.26. The molecule has 1 N–H and O–H groups in total. The monoisotopic (exact) mass is 359 g/mol. The number of rotatable bonds is 10. The number of aryl methyl sites for hydroxylation is 1. The van der Waals surface area contributed by atoms with E-state index in [1.165, 1.54) is 6.07 Å². The largest absolute Gasteiger partial charge is 0.491 e. The van der Waals surface area contributed by atoms with Crippen LogP contribution >= 0.6 is 0 Å². The normalized spacial score (nSPS) is 12.6. The minimum absolute atomic E-state index is 0.201. The van der Waals surface area contributed by atoms with Crippen molar-refractivity contribution < 1.29 is 14.2 Å². The molecule has 0 spiro atoms. The van der Waals surface area contributed by atoms with Gasteiger partial charge in [-0.05, 0) is 43.5 Å². The zero-order valence-electron chi connectivity index (χ0n) is 16.0. The highest BCUT2D eigenvalue weighted by atomic mass is 19.1. The van der Waals surface area contributed by atoms with Gasteiger partial charge in [-0.2, -0.15) is 0 Å². The van der Waals surface area contributed by atoms with Gasteiger partial charge in [0.05, 0.1) is 0 Å². The topological polar surface area (TPSA) is 32.7 Å². The summed E-state index contributed by atoms with van der Waals surface area (Å²) in [6.07, 6.45) is 0.369. The Morgan fingerprint density at radius 3 is 2.46 bits per heavy atom. The van der Waals surface area contributed by atoms with Crippen molar-refractivity contribution in [1.29, 1.82) is 0 Å². The Labute approximate surface area is 156 Å². The Morgan fingerprint density at radius 2 is 1.77 bits per heavy atom. The molecular weight excluding hydrogens is 329 g/mol. The molecule has 0 fully saturated rings. The van der Waals surface area contributed by atoms with Crippen LogP contribution in [0.1, 0.15) is 31.4 Å². The number of hydrogen-bond donors (Lipinski definition) is 1. The molecule has 0 saturated heterocycles. The minimum Gasteiger partial charge on any atom is -0.491 e. The number of para-hydroxylation sites is 1. The molecule has 3 nitrogen and oxygen atoms in total. The zero-order valence-corrected chi connectivity index (χ0v) is 16.0. The van der Waals surface area contributed by atoms with Gasteiger partial charge in [-0.25, -0.2) is 4.39 Å². The van der Waals surface area contributed by atoms with Crippen LogP contribution in [0, 0.1) is 18.7 Å². The van der Waals surface area contributed by atoms with E-state index in [4.69, 9.17) is 4.74 Å². The van der Waals surface area contributed by atoms with E-state index >= 15 is 0 Å². The highest BCUT2D eigenvalue weighted by molar-refractivity contribution is 5.31. The summed E-state index contributed by atoms with van der Waals surface area (Å²) < 4.78 is 19.7. The SMILES string of the molecule is Cc1ccccc1OCC(O)CN(CCC(C)C)Cc1ccccc1F. The van der Waals surface area contributed by atoms with Crippen LogP contribution in [0.5, 0.6) is 5.75 Å². The Kier molecular flexibility index (Phi) is 8.07. The molecule has 0 aliphatic carbocycles. The van der Waals surface area contributed by atoms with Crippen LogP contribution in [0.4, 0.5) is 4.39 Å². The molecule has 0 aliphatic rings. The fraction of sp³-hybridized carbons (Fsp3) is 0.455. The lowest BCUT2D eigenvalue weighted by molar-refractivity contribution is 0.0633. The van der Waals surface area contributed by atoms with Crippen molar-refractivity contribution in [2.75, 3.05) is 19.7 Å². The molecule has 4 heteroatoms. The Bertz CT molecular complexity index is 675. The van der Waals surface area contributed by atoms with Gasteiger partial charge in [0.25, 0.3) is 0 Å². The fourth-order valence-corrected chi connectivity index (χ4v) is 2.80. The van der Waals surface area contributed by atoms with Gasteiger partial charge in [0.15, 0.2) is 0 Å². The first-order chi connectivity index (χ1) is 12.5. The Balaban J connectivity index is 1.94. The molecule has 2 rings (SSSR count). The lowest BCUT2D eigenvalue weighted by atomic mass is 10.1. The summed E-state index contributed by atoms with van der Waals surface area (Å²) in [6.45, 7) is 8.29. The first-order valence-corrected chi connectivity index (χ1v) is 9.28. The van der Waals surface area contributed by atoms with Crippen LogP contribution in [0.3, 0.4) is 0 Å². The van der Waals surface area contributed by atoms with Crippen molar-refractivity contribution >= 4 is 0 Å². The predicted molar refractivity (Wildman–Crippen MR) is 104 cm³/mol. The second kappa shape index (κ2) is 10.3. The molecule has 0 radical (unpaired) electrons. The first kappa shape index (κ1) is 20.4. The number of halogens is 1. The van der Waals surface area contributed by atoms with E-state index in [0.29, 0.717) is 24.6 Å². The van der Waals surface area contributed by atoms with E-state index < -0.39 is 6.10 Å². The van der Waals surface area contributed by atoms with E-state index in [9.17, 15) is 9.50 Å². The maximum absolute atomic E-state index is 14.0. The summed E-state index contributed by atoms with van der Waals surface area (Å²) in [5.74, 6) is 1.14. The number of nitrogens with zero attached hydrogens (tertiary/aromatic N) is 1. The molecule has 142 valence electrons. The third-order valence-electron chi connectivity index (χ3n) is 4.37. The van der Waals surface area contributed by atoms with Gasteiger partial charge in [-0.15, -0.1) is 0 Å². The molecule has 0 saturated carbocycles. The highest BCUT2D eigenvalue weighted by Gasteiger charge is 2.15. The third kappa shape index (κ3) is 6.77. The molecule has 1 atom stereocenters. The minimum atomic E-state index is -0.631. The lowest BCUT2D eigenvalue weighted by Crippen LogP contribution is -2.36. The van der Waals surface area contributed by atoms with Crippen LogP contribution in [0.25, 0.3) is 0 Å². The van der Waals surface area contributed by atoms with E-state index in [1.54, 1.807) is 12.1 Å². The van der Waals surface area contributed by atoms with Crippen LogP contribution in [0.2, 0.25) is 0 Å². The quantitative estimate of drug-likeness (QED) is 0.681. The van der Waals surface area contributed by atoms with Crippen LogP contribution in [-0.2, 0) is 6.54 Å². The van der Waals surface area contributed by atoms with Crippen molar-refractivity contribution in [2.24, 2.45) is 5.92 Å². The van der Waals surface area contributed by atoms with E-state index in [-0.39, 0.29) is 12.4 Å². The summed E-state index contributed by atoms with van der Waals surface area (Å²) in [5.41, 5.74) is 1.70. The predicted octanol–water partition coefficient (Wildman–Crippen LogP) is 4.42. The van der Waals surface area contributed by atoms with Crippen molar-refractivity contribution in [3.05, 3.63) is 65.5 Å². The number of hydrogen-bond acceptors (Lipinski definition) is 3. The van der Waals surface area contributed by atoms with Gasteiger partial charge >= 0.3 is 0 Å². The number of aliphatic hydroxyl groups excluding tert-OH is 1. The maximum atomic E-state index is 14.0. The summed E-state index contributed by atoms with van der Waals surface area (Å²) >= 11 is 0. The molecular formula is C22H30FNO2. The van der Waals surface area contributed by atoms with E-state index in [0.717, 1.165) is 24.3 Å². The molecule has 2 aromatic carbocycles. The van der Waals surface area contributed by atoms with Crippen molar-refractivity contribution in [1.82, 2.24) is 4.90 Å². The second-order valence-electron chi connectivity index (χ2n) is 7.24. The molecule has 0 bridgehead atoms. The van der Waals surface area contributed by atoms with Crippen LogP contribution in [0.15, 0.2) is 48.5 Å². The van der Waals surface area contributed by atoms with E-state index in [2.05, 4.69) is 18.7 Å². The van der Waals surface area contributed by atoms with Gasteiger partial charge in [0.1, 0.15) is 24.3 Å². The standard InChI is InChI=1S/C22H30FNO2/c1-17(2)12-13-24(14-19-9-5-6-10-21(19)23)15-20(25)16-26-22-11-7-4-8-18(22)3/h4-11,17,20,25H,12-16H2,1-3H3. The van der Waals surface area contributed by atoms with Crippen molar-refractivity contribution in [3.63, 3.8) is 0 Å². The molecule has 2 aromatic rings. The summed E-state index contributed by atoms with van der Waals surface area (Å²) in [5, 5.41) is 10.4. The third-order valence-corrected chi connectivity index (χ3v) is 4.37. The van der Waals surface area contributed by atoms with E-state index in [1.807, 2.05) is 37.3 Å². The molecule has 26 heavy (non-hydrogen) atoms. The van der Waals surface area contributed by atoms with Gasteiger partial charge in [-0.3, -0.25) is 4.90 Å². The second-order valence-corrected chi connectivity index (χ2v) is 7.24. The number of ether oxygens (including phenoxy) is 1. The van der Waals surface area contributed by atoms with Crippen LogP contribution < -0.4 is 4.74 Å². The smallest absolute Gasteiger partial charge is 0.127 e. The molecule has 1 unspecified atom stereocenters. The highest BCUT2D eigenvalue weighted by Crippen LogP contribution is 2.17.